The molecule has 140 valence electrons. The Labute approximate surface area is 169 Å². The maximum atomic E-state index is 5.80. The molecule has 6 heteroatoms. The smallest absolute Gasteiger partial charge is 0.170 e. The molecule has 0 aliphatic rings. The van der Waals surface area contributed by atoms with Gasteiger partial charge in [0.2, 0.25) is 0 Å². The quantitative estimate of drug-likeness (QED) is 0.541. The Morgan fingerprint density at radius 2 is 1.70 bits per heavy atom. The molecule has 0 amide bonds. The van der Waals surface area contributed by atoms with Crippen LogP contribution in [0.15, 0.2) is 72.1 Å². The first-order valence-corrected chi connectivity index (χ1v) is 9.98. The van der Waals surface area contributed by atoms with Crippen LogP contribution in [0.2, 0.25) is 0 Å². The highest BCUT2D eigenvalue weighted by molar-refractivity contribution is 7.80. The van der Waals surface area contributed by atoms with Crippen molar-refractivity contribution in [2.24, 2.45) is 0 Å². The third kappa shape index (κ3) is 5.79. The highest BCUT2D eigenvalue weighted by atomic mass is 32.1. The summed E-state index contributed by atoms with van der Waals surface area (Å²) in [5.41, 5.74) is 0.922. The minimum absolute atomic E-state index is 0.284. The predicted octanol–water partition coefficient (Wildman–Crippen LogP) is 5.13. The highest BCUT2D eigenvalue weighted by Crippen LogP contribution is 2.23. The molecule has 3 rings (SSSR count). The first-order valence-electron chi connectivity index (χ1n) is 8.69. The van der Waals surface area contributed by atoms with E-state index in [1.165, 1.54) is 4.88 Å². The second kappa shape index (κ2) is 9.50. The van der Waals surface area contributed by atoms with Crippen LogP contribution in [0.4, 0.5) is 5.69 Å². The number of nitrogens with zero attached hydrogens (tertiary/aromatic N) is 1. The third-order valence-corrected chi connectivity index (χ3v) is 5.26. The Morgan fingerprint density at radius 1 is 1.00 bits per heavy atom. The van der Waals surface area contributed by atoms with Crippen molar-refractivity contribution in [2.75, 3.05) is 26.0 Å². The molecule has 0 radical (unpaired) electrons. The Bertz CT molecular complexity index is 834. The van der Waals surface area contributed by atoms with Crippen LogP contribution in [0.1, 0.15) is 10.9 Å². The van der Waals surface area contributed by atoms with Gasteiger partial charge >= 0.3 is 0 Å². The lowest BCUT2D eigenvalue weighted by Gasteiger charge is -2.24. The van der Waals surface area contributed by atoms with E-state index < -0.39 is 0 Å². The summed E-state index contributed by atoms with van der Waals surface area (Å²) < 4.78 is 5.80. The van der Waals surface area contributed by atoms with Crippen LogP contribution < -0.4 is 15.4 Å². The van der Waals surface area contributed by atoms with E-state index in [-0.39, 0.29) is 6.04 Å². The Balaban J connectivity index is 1.51. The van der Waals surface area contributed by atoms with Crippen molar-refractivity contribution in [1.82, 2.24) is 10.2 Å². The summed E-state index contributed by atoms with van der Waals surface area (Å²) in [5, 5.41) is 9.24. The van der Waals surface area contributed by atoms with E-state index in [1.807, 2.05) is 54.6 Å². The van der Waals surface area contributed by atoms with Crippen molar-refractivity contribution in [2.45, 2.75) is 6.04 Å². The fourth-order valence-corrected chi connectivity index (χ4v) is 3.74. The summed E-state index contributed by atoms with van der Waals surface area (Å²) in [4.78, 5) is 3.51. The van der Waals surface area contributed by atoms with Crippen molar-refractivity contribution in [3.63, 3.8) is 0 Å². The highest BCUT2D eigenvalue weighted by Gasteiger charge is 2.15. The van der Waals surface area contributed by atoms with Crippen LogP contribution in [0.3, 0.4) is 0 Å². The number of thiocarbonyl (C=S) groups is 1. The van der Waals surface area contributed by atoms with Crippen molar-refractivity contribution in [3.8, 4) is 11.5 Å². The maximum absolute atomic E-state index is 5.80. The second-order valence-corrected chi connectivity index (χ2v) is 7.66. The summed E-state index contributed by atoms with van der Waals surface area (Å²) in [5.74, 6) is 1.61. The normalized spacial score (nSPS) is 11.8. The Kier molecular flexibility index (Phi) is 6.81. The average Bonchev–Trinajstić information content (AvgIpc) is 3.18. The van der Waals surface area contributed by atoms with Crippen LogP contribution in [0.5, 0.6) is 11.5 Å². The van der Waals surface area contributed by atoms with E-state index in [2.05, 4.69) is 47.1 Å². The molecule has 2 aromatic carbocycles. The molecule has 3 aromatic rings. The number of rotatable bonds is 7. The van der Waals surface area contributed by atoms with E-state index in [0.717, 1.165) is 23.7 Å². The number of nitrogens with one attached hydrogen (secondary N) is 2. The summed E-state index contributed by atoms with van der Waals surface area (Å²) in [6.45, 7) is 0.745. The molecule has 1 unspecified atom stereocenters. The number of anilines is 1. The molecule has 27 heavy (non-hydrogen) atoms. The largest absolute Gasteiger partial charge is 0.457 e. The lowest BCUT2D eigenvalue weighted by Crippen LogP contribution is -2.36. The van der Waals surface area contributed by atoms with E-state index >= 15 is 0 Å². The van der Waals surface area contributed by atoms with Gasteiger partial charge in [0.1, 0.15) is 11.5 Å². The summed E-state index contributed by atoms with van der Waals surface area (Å²) in [6.07, 6.45) is 0. The topological polar surface area (TPSA) is 36.5 Å². The molecule has 1 atom stereocenters. The van der Waals surface area contributed by atoms with Gasteiger partial charge in [-0.05, 0) is 74.2 Å². The molecule has 0 fully saturated rings. The molecule has 0 bridgehead atoms. The fraction of sp³-hybridized carbons (Fsp3) is 0.190. The monoisotopic (exact) mass is 397 g/mol. The van der Waals surface area contributed by atoms with Crippen LogP contribution in [-0.2, 0) is 0 Å². The zero-order valence-electron chi connectivity index (χ0n) is 15.4. The van der Waals surface area contributed by atoms with E-state index in [4.69, 9.17) is 17.0 Å². The van der Waals surface area contributed by atoms with E-state index in [1.54, 1.807) is 11.3 Å². The molecular weight excluding hydrogens is 374 g/mol. The van der Waals surface area contributed by atoms with E-state index in [0.29, 0.717) is 5.11 Å². The summed E-state index contributed by atoms with van der Waals surface area (Å²) >= 11 is 7.20. The van der Waals surface area contributed by atoms with Gasteiger partial charge in [-0.1, -0.05) is 24.3 Å². The number of likely N-dealkylation sites (N-methyl/N-ethyl adjacent to an activating group) is 1. The van der Waals surface area contributed by atoms with Crippen LogP contribution in [-0.4, -0.2) is 30.7 Å². The molecule has 1 aromatic heterocycles. The average molecular weight is 398 g/mol. The molecule has 0 saturated heterocycles. The summed E-state index contributed by atoms with van der Waals surface area (Å²) in [6, 6.07) is 22.0. The Morgan fingerprint density at radius 3 is 2.33 bits per heavy atom. The number of thiophene rings is 1. The molecule has 1 heterocycles. The van der Waals surface area contributed by atoms with Crippen molar-refractivity contribution >= 4 is 34.4 Å². The second-order valence-electron chi connectivity index (χ2n) is 6.27. The number of hydrogen-bond acceptors (Lipinski definition) is 4. The number of hydrogen-bond donors (Lipinski definition) is 2. The molecular formula is C21H23N3OS2. The van der Waals surface area contributed by atoms with Gasteiger partial charge in [-0.15, -0.1) is 11.3 Å². The van der Waals surface area contributed by atoms with Crippen molar-refractivity contribution in [3.05, 3.63) is 77.0 Å². The van der Waals surface area contributed by atoms with Gasteiger partial charge in [-0.25, -0.2) is 0 Å². The SMILES string of the molecule is CN(C)C(CNC(=S)Nc1ccc(Oc2ccccc2)cc1)c1cccs1. The Hall–Kier alpha value is -2.41. The van der Waals surface area contributed by atoms with Crippen LogP contribution >= 0.6 is 23.6 Å². The molecule has 0 aliphatic carbocycles. The molecule has 4 nitrogen and oxygen atoms in total. The lowest BCUT2D eigenvalue weighted by molar-refractivity contribution is 0.303. The predicted molar refractivity (Wildman–Crippen MR) is 118 cm³/mol. The summed E-state index contributed by atoms with van der Waals surface area (Å²) in [7, 11) is 4.15. The van der Waals surface area contributed by atoms with Gasteiger partial charge < -0.3 is 20.3 Å². The van der Waals surface area contributed by atoms with Gasteiger partial charge in [0, 0.05) is 17.1 Å². The maximum Gasteiger partial charge on any atom is 0.170 e. The minimum atomic E-state index is 0.284. The molecule has 0 aliphatic heterocycles. The number of ether oxygens (including phenoxy) is 1. The lowest BCUT2D eigenvalue weighted by atomic mass is 10.2. The van der Waals surface area contributed by atoms with Gasteiger partial charge in [0.25, 0.3) is 0 Å². The zero-order valence-corrected chi connectivity index (χ0v) is 17.0. The van der Waals surface area contributed by atoms with Crippen molar-refractivity contribution < 1.29 is 4.74 Å². The van der Waals surface area contributed by atoms with Gasteiger partial charge in [0.15, 0.2) is 5.11 Å². The number of benzene rings is 2. The van der Waals surface area contributed by atoms with Gasteiger partial charge in [-0.2, -0.15) is 0 Å². The van der Waals surface area contributed by atoms with Gasteiger partial charge in [0.05, 0.1) is 6.04 Å². The standard InChI is InChI=1S/C21H23N3OS2/c1-24(2)19(20-9-6-14-27-20)15-22-21(26)23-16-10-12-18(13-11-16)25-17-7-4-3-5-8-17/h3-14,19H,15H2,1-2H3,(H2,22,23,26). The van der Waals surface area contributed by atoms with Crippen LogP contribution in [0.25, 0.3) is 0 Å². The first-order chi connectivity index (χ1) is 13.1. The van der Waals surface area contributed by atoms with Crippen LogP contribution in [0, 0.1) is 0 Å². The first kappa shape index (κ1) is 19.4. The minimum Gasteiger partial charge on any atom is -0.457 e. The third-order valence-electron chi connectivity index (χ3n) is 4.04. The van der Waals surface area contributed by atoms with E-state index in [9.17, 15) is 0 Å². The fourth-order valence-electron chi connectivity index (χ4n) is 2.61. The molecule has 0 spiro atoms. The number of para-hydroxylation sites is 1. The van der Waals surface area contributed by atoms with Crippen molar-refractivity contribution in [1.29, 1.82) is 0 Å². The van der Waals surface area contributed by atoms with Gasteiger partial charge in [-0.3, -0.25) is 0 Å². The molecule has 0 saturated carbocycles. The zero-order chi connectivity index (χ0) is 19.1. The molecule has 2 N–H and O–H groups in total.